The molecule has 27 heavy (non-hydrogen) atoms. The highest BCUT2D eigenvalue weighted by Crippen LogP contribution is 2.22. The minimum absolute atomic E-state index is 0.0654. The molecule has 9 heteroatoms. The van der Waals surface area contributed by atoms with E-state index in [4.69, 9.17) is 11.6 Å². The number of nitrogens with zero attached hydrogens (tertiary/aromatic N) is 3. The zero-order chi connectivity index (χ0) is 19.1. The van der Waals surface area contributed by atoms with Crippen molar-refractivity contribution in [2.45, 2.75) is 6.54 Å². The zero-order valence-corrected chi connectivity index (χ0v) is 14.3. The van der Waals surface area contributed by atoms with Crippen molar-refractivity contribution in [1.29, 1.82) is 0 Å². The minimum atomic E-state index is -0.726. The molecule has 0 radical (unpaired) electrons. The molecule has 4 aromatic rings. The highest BCUT2D eigenvalue weighted by molar-refractivity contribution is 6.31. The number of rotatable bonds is 3. The summed E-state index contributed by atoms with van der Waals surface area (Å²) in [5.74, 6) is -1.99. The second-order valence-corrected chi connectivity index (χ2v) is 6.23. The number of hydrogen-bond donors (Lipinski definition) is 1. The highest BCUT2D eigenvalue weighted by Gasteiger charge is 2.15. The van der Waals surface area contributed by atoms with Gasteiger partial charge in [0, 0.05) is 5.02 Å². The van der Waals surface area contributed by atoms with Gasteiger partial charge in [-0.2, -0.15) is 0 Å². The van der Waals surface area contributed by atoms with Crippen LogP contribution in [0.2, 0.25) is 5.02 Å². The third kappa shape index (κ3) is 3.19. The Morgan fingerprint density at radius 3 is 2.59 bits per heavy atom. The number of halogens is 4. The quantitative estimate of drug-likeness (QED) is 0.577. The molecule has 0 saturated heterocycles. The van der Waals surface area contributed by atoms with Crippen molar-refractivity contribution in [3.05, 3.63) is 81.1 Å². The molecular weight excluding hydrogens is 381 g/mol. The second-order valence-electron chi connectivity index (χ2n) is 5.82. The molecule has 4 rings (SSSR count). The first-order valence-electron chi connectivity index (χ1n) is 7.77. The average molecular weight is 391 g/mol. The lowest BCUT2D eigenvalue weighted by Gasteiger charge is -2.07. The smallest absolute Gasteiger partial charge is 0.277 e. The summed E-state index contributed by atoms with van der Waals surface area (Å²) in [5.41, 5.74) is 0.0307. The molecule has 5 nitrogen and oxygen atoms in total. The molecule has 0 aliphatic carbocycles. The SMILES string of the molecule is O=c1[nH]c(-c2cc(F)ccc2F)nc2ncn(Cc3ccc(F)cc3Cl)c12. The third-order valence-electron chi connectivity index (χ3n) is 4.02. The fourth-order valence-corrected chi connectivity index (χ4v) is 2.97. The molecule has 2 aromatic carbocycles. The van der Waals surface area contributed by atoms with Crippen molar-refractivity contribution in [1.82, 2.24) is 19.5 Å². The standard InChI is InChI=1S/C18H10ClF3N4O/c19-13-6-11(21)2-1-9(13)7-26-8-23-17-15(26)18(27)25-16(24-17)12-5-10(20)3-4-14(12)22/h1-6,8H,7H2,(H,24,25,27). The van der Waals surface area contributed by atoms with Crippen LogP contribution in [0.5, 0.6) is 0 Å². The highest BCUT2D eigenvalue weighted by atomic mass is 35.5. The van der Waals surface area contributed by atoms with Gasteiger partial charge in [0.25, 0.3) is 5.56 Å². The Kier molecular flexibility index (Phi) is 4.19. The Morgan fingerprint density at radius 2 is 1.81 bits per heavy atom. The van der Waals surface area contributed by atoms with Gasteiger partial charge in [-0.1, -0.05) is 17.7 Å². The number of nitrogens with one attached hydrogen (secondary N) is 1. The van der Waals surface area contributed by atoms with E-state index >= 15 is 0 Å². The molecule has 0 fully saturated rings. The van der Waals surface area contributed by atoms with E-state index in [1.54, 1.807) is 0 Å². The number of imidazole rings is 1. The van der Waals surface area contributed by atoms with Crippen LogP contribution in [0.15, 0.2) is 47.5 Å². The summed E-state index contributed by atoms with van der Waals surface area (Å²) >= 11 is 6.02. The van der Waals surface area contributed by atoms with Gasteiger partial charge in [-0.15, -0.1) is 0 Å². The van der Waals surface area contributed by atoms with E-state index in [1.165, 1.54) is 29.1 Å². The number of benzene rings is 2. The molecule has 0 unspecified atom stereocenters. The molecule has 0 amide bonds. The molecule has 2 heterocycles. The number of hydrogen-bond acceptors (Lipinski definition) is 3. The maximum Gasteiger partial charge on any atom is 0.277 e. The number of aromatic nitrogens is 4. The maximum absolute atomic E-state index is 14.0. The van der Waals surface area contributed by atoms with Crippen LogP contribution in [-0.2, 0) is 6.54 Å². The van der Waals surface area contributed by atoms with E-state index in [0.717, 1.165) is 18.2 Å². The Labute approximate surface area is 155 Å². The molecule has 0 bridgehead atoms. The van der Waals surface area contributed by atoms with Gasteiger partial charge in [0.1, 0.15) is 23.3 Å². The molecule has 0 aliphatic heterocycles. The molecule has 0 atom stereocenters. The van der Waals surface area contributed by atoms with Crippen molar-refractivity contribution in [3.63, 3.8) is 0 Å². The molecule has 136 valence electrons. The van der Waals surface area contributed by atoms with Crippen molar-refractivity contribution < 1.29 is 13.2 Å². The number of aromatic amines is 1. The van der Waals surface area contributed by atoms with Crippen LogP contribution in [0.1, 0.15) is 5.56 Å². The summed E-state index contributed by atoms with van der Waals surface area (Å²) in [4.78, 5) is 23.1. The summed E-state index contributed by atoms with van der Waals surface area (Å²) in [6, 6.07) is 6.79. The first-order valence-corrected chi connectivity index (χ1v) is 8.14. The van der Waals surface area contributed by atoms with Gasteiger partial charge in [-0.3, -0.25) is 4.79 Å². The number of H-pyrrole nitrogens is 1. The molecular formula is C18H10ClF3N4O. The van der Waals surface area contributed by atoms with Crippen LogP contribution < -0.4 is 5.56 Å². The van der Waals surface area contributed by atoms with Crippen molar-refractivity contribution >= 4 is 22.8 Å². The predicted octanol–water partition coefficient (Wildman–Crippen LogP) is 3.91. The van der Waals surface area contributed by atoms with Gasteiger partial charge in [-0.25, -0.2) is 23.1 Å². The predicted molar refractivity (Wildman–Crippen MR) is 94.0 cm³/mol. The molecule has 0 saturated carbocycles. The van der Waals surface area contributed by atoms with Crippen LogP contribution in [0.4, 0.5) is 13.2 Å². The van der Waals surface area contributed by atoms with Gasteiger partial charge in [0.2, 0.25) is 0 Å². The zero-order valence-electron chi connectivity index (χ0n) is 13.5. The van der Waals surface area contributed by atoms with Crippen LogP contribution in [-0.4, -0.2) is 19.5 Å². The first kappa shape index (κ1) is 17.3. The lowest BCUT2D eigenvalue weighted by molar-refractivity contribution is 0.602. The fourth-order valence-electron chi connectivity index (χ4n) is 2.75. The van der Waals surface area contributed by atoms with Gasteiger partial charge in [0.15, 0.2) is 11.2 Å². The Balaban J connectivity index is 1.80. The summed E-state index contributed by atoms with van der Waals surface area (Å²) in [7, 11) is 0. The number of fused-ring (bicyclic) bond motifs is 1. The fraction of sp³-hybridized carbons (Fsp3) is 0.0556. The van der Waals surface area contributed by atoms with Gasteiger partial charge in [0.05, 0.1) is 18.4 Å². The van der Waals surface area contributed by atoms with E-state index in [-0.39, 0.29) is 34.1 Å². The van der Waals surface area contributed by atoms with Crippen molar-refractivity contribution in [2.24, 2.45) is 0 Å². The Bertz CT molecular complexity index is 1240. The van der Waals surface area contributed by atoms with Gasteiger partial charge in [-0.05, 0) is 35.9 Å². The summed E-state index contributed by atoms with van der Waals surface area (Å²) in [6.45, 7) is 0.161. The lowest BCUT2D eigenvalue weighted by Crippen LogP contribution is -2.14. The van der Waals surface area contributed by atoms with E-state index in [0.29, 0.717) is 5.56 Å². The molecule has 2 aromatic heterocycles. The minimum Gasteiger partial charge on any atom is -0.320 e. The van der Waals surface area contributed by atoms with Gasteiger partial charge < -0.3 is 9.55 Å². The molecule has 1 N–H and O–H groups in total. The van der Waals surface area contributed by atoms with E-state index in [9.17, 15) is 18.0 Å². The summed E-state index contributed by atoms with van der Waals surface area (Å²) in [6.07, 6.45) is 1.37. The molecule has 0 aliphatic rings. The van der Waals surface area contributed by atoms with E-state index in [2.05, 4.69) is 15.0 Å². The Morgan fingerprint density at radius 1 is 1.07 bits per heavy atom. The van der Waals surface area contributed by atoms with E-state index in [1.807, 2.05) is 0 Å². The van der Waals surface area contributed by atoms with Crippen LogP contribution in [0.25, 0.3) is 22.6 Å². The van der Waals surface area contributed by atoms with Crippen LogP contribution >= 0.6 is 11.6 Å². The normalized spacial score (nSPS) is 11.3. The lowest BCUT2D eigenvalue weighted by atomic mass is 10.2. The van der Waals surface area contributed by atoms with Crippen LogP contribution in [0, 0.1) is 17.5 Å². The summed E-state index contributed by atoms with van der Waals surface area (Å²) in [5, 5.41) is 0.208. The van der Waals surface area contributed by atoms with Crippen molar-refractivity contribution in [2.75, 3.05) is 0 Å². The Hall–Kier alpha value is -3.13. The average Bonchev–Trinajstić information content (AvgIpc) is 3.03. The van der Waals surface area contributed by atoms with E-state index < -0.39 is 23.0 Å². The maximum atomic E-state index is 14.0. The monoisotopic (exact) mass is 390 g/mol. The largest absolute Gasteiger partial charge is 0.320 e. The van der Waals surface area contributed by atoms with Crippen molar-refractivity contribution in [3.8, 4) is 11.4 Å². The summed E-state index contributed by atoms with van der Waals surface area (Å²) < 4.78 is 42.0. The first-order chi connectivity index (χ1) is 12.9. The molecule has 0 spiro atoms. The second kappa shape index (κ2) is 6.55. The topological polar surface area (TPSA) is 63.6 Å². The third-order valence-corrected chi connectivity index (χ3v) is 4.37. The van der Waals surface area contributed by atoms with Gasteiger partial charge >= 0.3 is 0 Å². The van der Waals surface area contributed by atoms with Crippen LogP contribution in [0.3, 0.4) is 0 Å².